The zero-order valence-electron chi connectivity index (χ0n) is 18.8. The van der Waals surface area contributed by atoms with Gasteiger partial charge in [-0.3, -0.25) is 4.79 Å². The Balaban J connectivity index is 1.31. The van der Waals surface area contributed by atoms with Crippen LogP contribution in [0.15, 0.2) is 33.7 Å². The summed E-state index contributed by atoms with van der Waals surface area (Å²) in [5.74, 6) is 0.602. The molecule has 0 aromatic carbocycles. The van der Waals surface area contributed by atoms with Crippen LogP contribution < -0.4 is 10.5 Å². The Morgan fingerprint density at radius 1 is 1.21 bits per heavy atom. The Morgan fingerprint density at radius 3 is 2.73 bits per heavy atom. The summed E-state index contributed by atoms with van der Waals surface area (Å²) in [4.78, 5) is 15.0. The van der Waals surface area contributed by atoms with E-state index in [0.717, 1.165) is 29.8 Å². The number of halogens is 1. The summed E-state index contributed by atoms with van der Waals surface area (Å²) in [5, 5.41) is 16.8. The van der Waals surface area contributed by atoms with Gasteiger partial charge in [0.2, 0.25) is 0 Å². The molecule has 5 heterocycles. The van der Waals surface area contributed by atoms with Crippen molar-refractivity contribution in [1.82, 2.24) is 25.1 Å². The molecule has 1 spiro atoms. The minimum Gasteiger partial charge on any atom is -0.375 e. The lowest BCUT2D eigenvalue weighted by Gasteiger charge is -2.45. The highest BCUT2D eigenvalue weighted by molar-refractivity contribution is 5.58. The number of rotatable bonds is 4. The molecule has 10 heteroatoms. The fraction of sp³-hybridized carbons (Fsp3) is 0.522. The summed E-state index contributed by atoms with van der Waals surface area (Å²) in [6, 6.07) is 5.27. The van der Waals surface area contributed by atoms with Crippen molar-refractivity contribution in [2.24, 2.45) is 0 Å². The van der Waals surface area contributed by atoms with E-state index >= 15 is 0 Å². The number of ether oxygens (including phenoxy) is 1. The molecule has 1 atom stereocenters. The summed E-state index contributed by atoms with van der Waals surface area (Å²) in [6.45, 7) is 5.77. The second kappa shape index (κ2) is 8.66. The largest absolute Gasteiger partial charge is 0.375 e. The van der Waals surface area contributed by atoms with E-state index in [0.29, 0.717) is 49.7 Å². The number of aromatic nitrogens is 5. The monoisotopic (exact) mass is 454 g/mol. The first-order valence-corrected chi connectivity index (χ1v) is 11.3. The number of hydrogen-bond donors (Lipinski definition) is 0. The number of aryl methyl sites for hydroxylation is 2. The quantitative estimate of drug-likeness (QED) is 0.593. The summed E-state index contributed by atoms with van der Waals surface area (Å²) in [7, 11) is 0. The molecule has 3 aromatic rings. The second-order valence-electron chi connectivity index (χ2n) is 8.94. The van der Waals surface area contributed by atoms with E-state index in [9.17, 15) is 9.18 Å². The van der Waals surface area contributed by atoms with Crippen LogP contribution in [0.2, 0.25) is 0 Å². The second-order valence-corrected chi connectivity index (χ2v) is 8.94. The van der Waals surface area contributed by atoms with Gasteiger partial charge in [0.1, 0.15) is 23.3 Å². The topological polar surface area (TPSA) is 99.2 Å². The van der Waals surface area contributed by atoms with Gasteiger partial charge in [-0.05, 0) is 38.8 Å². The fourth-order valence-electron chi connectivity index (χ4n) is 4.66. The maximum Gasteiger partial charge on any atom is 0.269 e. The van der Waals surface area contributed by atoms with Crippen LogP contribution in [-0.2, 0) is 11.3 Å². The third kappa shape index (κ3) is 4.39. The lowest BCUT2D eigenvalue weighted by molar-refractivity contribution is -0.114. The first-order chi connectivity index (χ1) is 15.9. The van der Waals surface area contributed by atoms with Crippen molar-refractivity contribution in [2.75, 3.05) is 24.6 Å². The van der Waals surface area contributed by atoms with Crippen molar-refractivity contribution in [2.45, 2.75) is 57.8 Å². The van der Waals surface area contributed by atoms with Crippen LogP contribution in [0.5, 0.6) is 0 Å². The molecule has 0 saturated carbocycles. The van der Waals surface area contributed by atoms with E-state index in [1.807, 2.05) is 19.1 Å². The van der Waals surface area contributed by atoms with Crippen LogP contribution in [0.25, 0.3) is 11.4 Å². The van der Waals surface area contributed by atoms with Gasteiger partial charge in [-0.15, -0.1) is 5.10 Å². The molecular weight excluding hydrogens is 427 g/mol. The van der Waals surface area contributed by atoms with Crippen LogP contribution >= 0.6 is 0 Å². The Bertz CT molecular complexity index is 1180. The molecule has 0 aliphatic carbocycles. The molecule has 0 amide bonds. The molecule has 2 aliphatic heterocycles. The average Bonchev–Trinajstić information content (AvgIpc) is 3.16. The van der Waals surface area contributed by atoms with E-state index in [-0.39, 0.29) is 17.7 Å². The first kappa shape index (κ1) is 21.7. The van der Waals surface area contributed by atoms with Gasteiger partial charge in [-0.2, -0.15) is 10.2 Å². The van der Waals surface area contributed by atoms with Gasteiger partial charge in [0.05, 0.1) is 36.3 Å². The van der Waals surface area contributed by atoms with Crippen LogP contribution in [0.3, 0.4) is 0 Å². The van der Waals surface area contributed by atoms with Crippen molar-refractivity contribution in [3.63, 3.8) is 0 Å². The van der Waals surface area contributed by atoms with E-state index in [1.54, 1.807) is 19.2 Å². The van der Waals surface area contributed by atoms with Crippen molar-refractivity contribution >= 4 is 5.69 Å². The van der Waals surface area contributed by atoms with Gasteiger partial charge in [0.25, 0.3) is 5.56 Å². The van der Waals surface area contributed by atoms with E-state index in [1.165, 1.54) is 4.68 Å². The zero-order chi connectivity index (χ0) is 23.0. The number of piperidine rings is 1. The van der Waals surface area contributed by atoms with E-state index in [4.69, 9.17) is 9.26 Å². The summed E-state index contributed by atoms with van der Waals surface area (Å²) < 4.78 is 26.6. The zero-order valence-corrected chi connectivity index (χ0v) is 18.8. The highest BCUT2D eigenvalue weighted by Gasteiger charge is 2.40. The van der Waals surface area contributed by atoms with Crippen molar-refractivity contribution < 1.29 is 13.7 Å². The molecule has 0 bridgehead atoms. The number of nitrogens with zero attached hydrogens (tertiary/aromatic N) is 6. The number of hydrogen-bond acceptors (Lipinski definition) is 8. The highest BCUT2D eigenvalue weighted by Crippen LogP contribution is 2.37. The lowest BCUT2D eigenvalue weighted by atomic mass is 9.83. The summed E-state index contributed by atoms with van der Waals surface area (Å²) >= 11 is 0. The molecule has 0 unspecified atom stereocenters. The molecule has 0 radical (unpaired) electrons. The third-order valence-corrected chi connectivity index (χ3v) is 6.66. The van der Waals surface area contributed by atoms with Crippen molar-refractivity contribution in [1.29, 1.82) is 0 Å². The lowest BCUT2D eigenvalue weighted by Crippen LogP contribution is -2.50. The number of anilines is 1. The Morgan fingerprint density at radius 2 is 2.03 bits per heavy atom. The fourth-order valence-corrected chi connectivity index (χ4v) is 4.66. The molecule has 2 saturated heterocycles. The standard InChI is InChI=1S/C23H27FN6O3/c1-15-3-4-20(27-26-15)22-19(16(2)33-28-22)14-30-21(31)11-18(13-25-30)29-8-6-23(7-9-29)12-17(24)5-10-32-23/h3-4,11,13,17H,5-10,12,14H2,1-2H3/t17-/m1/s1. The van der Waals surface area contributed by atoms with Crippen LogP contribution in [-0.4, -0.2) is 56.6 Å². The summed E-state index contributed by atoms with van der Waals surface area (Å²) in [6.07, 6.45) is 3.36. The van der Waals surface area contributed by atoms with Crippen molar-refractivity contribution in [3.05, 3.63) is 51.8 Å². The molecule has 0 N–H and O–H groups in total. The van der Waals surface area contributed by atoms with Gasteiger partial charge in [-0.25, -0.2) is 9.07 Å². The molecule has 2 aliphatic rings. The summed E-state index contributed by atoms with van der Waals surface area (Å²) in [5.41, 5.74) is 2.87. The SMILES string of the molecule is Cc1ccc(-c2noc(C)c2Cn2ncc(N3CCC4(CC3)C[C@H](F)CCO4)cc2=O)nn1. The van der Waals surface area contributed by atoms with Gasteiger partial charge in [0, 0.05) is 37.6 Å². The first-order valence-electron chi connectivity index (χ1n) is 11.3. The molecule has 33 heavy (non-hydrogen) atoms. The Kier molecular flexibility index (Phi) is 5.69. The normalized spacial score (nSPS) is 20.3. The predicted octanol–water partition coefficient (Wildman–Crippen LogP) is 2.84. The minimum atomic E-state index is -0.785. The van der Waals surface area contributed by atoms with E-state index < -0.39 is 6.17 Å². The van der Waals surface area contributed by atoms with Crippen molar-refractivity contribution in [3.8, 4) is 11.4 Å². The smallest absolute Gasteiger partial charge is 0.269 e. The average molecular weight is 455 g/mol. The van der Waals surface area contributed by atoms with Gasteiger partial charge < -0.3 is 14.2 Å². The Hall–Kier alpha value is -3.14. The molecule has 174 valence electrons. The van der Waals surface area contributed by atoms with Gasteiger partial charge in [0.15, 0.2) is 0 Å². The predicted molar refractivity (Wildman–Crippen MR) is 119 cm³/mol. The van der Waals surface area contributed by atoms with E-state index in [2.05, 4.69) is 25.4 Å². The highest BCUT2D eigenvalue weighted by atomic mass is 19.1. The molecular formula is C23H27FN6O3. The molecule has 9 nitrogen and oxygen atoms in total. The van der Waals surface area contributed by atoms with Gasteiger partial charge in [-0.1, -0.05) is 5.16 Å². The number of alkyl halides is 1. The van der Waals surface area contributed by atoms with Gasteiger partial charge >= 0.3 is 0 Å². The maximum absolute atomic E-state index is 13.9. The molecule has 3 aromatic heterocycles. The minimum absolute atomic E-state index is 0.216. The third-order valence-electron chi connectivity index (χ3n) is 6.66. The molecule has 2 fully saturated rings. The van der Waals surface area contributed by atoms with Crippen LogP contribution in [0.1, 0.15) is 42.7 Å². The van der Waals surface area contributed by atoms with Crippen LogP contribution in [0.4, 0.5) is 10.1 Å². The van der Waals surface area contributed by atoms with Crippen LogP contribution in [0, 0.1) is 13.8 Å². The Labute approximate surface area is 190 Å². The maximum atomic E-state index is 13.9. The molecule has 5 rings (SSSR count).